The van der Waals surface area contributed by atoms with E-state index >= 15 is 0 Å². The molecule has 3 heteroatoms. The Morgan fingerprint density at radius 3 is 2.93 bits per heavy atom. The van der Waals surface area contributed by atoms with Crippen LogP contribution in [0.4, 0.5) is 0 Å². The second-order valence-corrected chi connectivity index (χ2v) is 3.67. The van der Waals surface area contributed by atoms with E-state index in [1.165, 1.54) is 0 Å². The fraction of sp³-hybridized carbons (Fsp3) is 0.273. The highest BCUT2D eigenvalue weighted by atomic mass is 35.5. The topological polar surface area (TPSA) is 33.4 Å². The number of alkyl halides is 1. The number of aliphatic hydroxyl groups is 1. The van der Waals surface area contributed by atoms with Crippen molar-refractivity contribution in [2.45, 2.75) is 13.0 Å². The Morgan fingerprint density at radius 2 is 2.21 bits per heavy atom. The molecule has 0 saturated heterocycles. The highest BCUT2D eigenvalue weighted by molar-refractivity contribution is 6.18. The Bertz CT molecular complexity index is 447. The molecule has 1 aromatic carbocycles. The summed E-state index contributed by atoms with van der Waals surface area (Å²) in [6.45, 7) is 2.00. The number of halogens is 1. The van der Waals surface area contributed by atoms with Gasteiger partial charge in [-0.2, -0.15) is 0 Å². The van der Waals surface area contributed by atoms with Crippen LogP contribution in [-0.4, -0.2) is 11.0 Å². The molecule has 1 atom stereocenters. The number of aliphatic hydroxyl groups excluding tert-OH is 1. The maximum atomic E-state index is 9.47. The summed E-state index contributed by atoms with van der Waals surface area (Å²) in [5.41, 5.74) is 1.93. The van der Waals surface area contributed by atoms with E-state index in [1.54, 1.807) is 0 Å². The van der Waals surface area contributed by atoms with Gasteiger partial charge in [0, 0.05) is 5.39 Å². The van der Waals surface area contributed by atoms with Crippen molar-refractivity contribution in [3.05, 3.63) is 35.6 Å². The smallest absolute Gasteiger partial charge is 0.135 e. The standard InChI is InChI=1S/C11H11ClO2/c1-7-2-3-8-5-11(9(13)6-12)14-10(8)4-7/h2-5,9,13H,6H2,1H3. The molecular formula is C11H11ClO2. The zero-order chi connectivity index (χ0) is 10.1. The summed E-state index contributed by atoms with van der Waals surface area (Å²) >= 11 is 5.54. The van der Waals surface area contributed by atoms with Crippen molar-refractivity contribution in [2.24, 2.45) is 0 Å². The van der Waals surface area contributed by atoms with Gasteiger partial charge in [-0.3, -0.25) is 0 Å². The lowest BCUT2D eigenvalue weighted by Crippen LogP contribution is -1.95. The van der Waals surface area contributed by atoms with E-state index in [-0.39, 0.29) is 5.88 Å². The molecule has 0 aliphatic rings. The highest BCUT2D eigenvalue weighted by Crippen LogP contribution is 2.25. The molecule has 0 saturated carbocycles. The quantitative estimate of drug-likeness (QED) is 0.773. The van der Waals surface area contributed by atoms with Gasteiger partial charge < -0.3 is 9.52 Å². The van der Waals surface area contributed by atoms with Gasteiger partial charge in [0.2, 0.25) is 0 Å². The molecule has 14 heavy (non-hydrogen) atoms. The van der Waals surface area contributed by atoms with E-state index in [2.05, 4.69) is 0 Å². The van der Waals surface area contributed by atoms with Crippen molar-refractivity contribution in [3.63, 3.8) is 0 Å². The minimum absolute atomic E-state index is 0.152. The first-order valence-corrected chi connectivity index (χ1v) is 4.98. The molecule has 0 fully saturated rings. The minimum atomic E-state index is -0.718. The van der Waals surface area contributed by atoms with E-state index in [0.717, 1.165) is 16.5 Å². The van der Waals surface area contributed by atoms with Gasteiger partial charge in [-0.15, -0.1) is 11.6 Å². The lowest BCUT2D eigenvalue weighted by molar-refractivity contribution is 0.175. The molecule has 2 nitrogen and oxygen atoms in total. The lowest BCUT2D eigenvalue weighted by Gasteiger charge is -1.99. The van der Waals surface area contributed by atoms with E-state index in [4.69, 9.17) is 16.0 Å². The van der Waals surface area contributed by atoms with Crippen molar-refractivity contribution >= 4 is 22.6 Å². The summed E-state index contributed by atoms with van der Waals surface area (Å²) in [6, 6.07) is 7.74. The number of aryl methyl sites for hydroxylation is 1. The SMILES string of the molecule is Cc1ccc2cc(C(O)CCl)oc2c1. The molecule has 1 N–H and O–H groups in total. The monoisotopic (exact) mass is 210 g/mol. The van der Waals surface area contributed by atoms with Crippen LogP contribution >= 0.6 is 11.6 Å². The van der Waals surface area contributed by atoms with Crippen molar-refractivity contribution < 1.29 is 9.52 Å². The van der Waals surface area contributed by atoms with Crippen LogP contribution in [-0.2, 0) is 0 Å². The van der Waals surface area contributed by atoms with Gasteiger partial charge in [0.25, 0.3) is 0 Å². The van der Waals surface area contributed by atoms with Crippen LogP contribution in [0.25, 0.3) is 11.0 Å². The number of furan rings is 1. The van der Waals surface area contributed by atoms with Crippen molar-refractivity contribution in [1.29, 1.82) is 0 Å². The highest BCUT2D eigenvalue weighted by Gasteiger charge is 2.11. The Morgan fingerprint density at radius 1 is 1.43 bits per heavy atom. The molecule has 1 aromatic heterocycles. The summed E-state index contributed by atoms with van der Waals surface area (Å²) in [5.74, 6) is 0.680. The van der Waals surface area contributed by atoms with E-state index in [1.807, 2.05) is 31.2 Å². The predicted molar refractivity (Wildman–Crippen MR) is 56.6 cm³/mol. The third-order valence-corrected chi connectivity index (χ3v) is 2.46. The van der Waals surface area contributed by atoms with E-state index in [0.29, 0.717) is 5.76 Å². The lowest BCUT2D eigenvalue weighted by atomic mass is 10.2. The maximum absolute atomic E-state index is 9.47. The Labute approximate surface area is 87.1 Å². The largest absolute Gasteiger partial charge is 0.458 e. The number of rotatable bonds is 2. The fourth-order valence-corrected chi connectivity index (χ4v) is 1.55. The summed E-state index contributed by atoms with van der Waals surface area (Å²) in [6.07, 6.45) is -0.718. The molecule has 0 amide bonds. The predicted octanol–water partition coefficient (Wildman–Crippen LogP) is 3.01. The van der Waals surface area contributed by atoms with Crippen LogP contribution in [0.3, 0.4) is 0 Å². The van der Waals surface area contributed by atoms with Gasteiger partial charge in [0.15, 0.2) is 0 Å². The number of hydrogen-bond donors (Lipinski definition) is 1. The first-order valence-electron chi connectivity index (χ1n) is 4.45. The molecule has 0 radical (unpaired) electrons. The van der Waals surface area contributed by atoms with Crippen LogP contribution in [0, 0.1) is 6.92 Å². The van der Waals surface area contributed by atoms with Gasteiger partial charge in [0.05, 0.1) is 5.88 Å². The van der Waals surface area contributed by atoms with E-state index < -0.39 is 6.10 Å². The summed E-state index contributed by atoms with van der Waals surface area (Å²) in [5, 5.41) is 10.5. The van der Waals surface area contributed by atoms with Crippen LogP contribution in [0.1, 0.15) is 17.4 Å². The molecular weight excluding hydrogens is 200 g/mol. The third-order valence-electron chi connectivity index (χ3n) is 2.17. The first-order chi connectivity index (χ1) is 6.70. The Balaban J connectivity index is 2.51. The summed E-state index contributed by atoms with van der Waals surface area (Å²) < 4.78 is 5.47. The van der Waals surface area contributed by atoms with Gasteiger partial charge in [0.1, 0.15) is 17.4 Å². The van der Waals surface area contributed by atoms with Crippen molar-refractivity contribution in [2.75, 3.05) is 5.88 Å². The van der Waals surface area contributed by atoms with Crippen molar-refractivity contribution in [1.82, 2.24) is 0 Å². The molecule has 1 unspecified atom stereocenters. The first kappa shape index (κ1) is 9.56. The number of benzene rings is 1. The summed E-state index contributed by atoms with van der Waals surface area (Å²) in [7, 11) is 0. The molecule has 2 aromatic rings. The molecule has 0 aliphatic heterocycles. The Kier molecular flexibility index (Phi) is 2.48. The third kappa shape index (κ3) is 1.63. The second kappa shape index (κ2) is 3.64. The van der Waals surface area contributed by atoms with Gasteiger partial charge >= 0.3 is 0 Å². The summed E-state index contributed by atoms with van der Waals surface area (Å²) in [4.78, 5) is 0. The van der Waals surface area contributed by atoms with Crippen molar-refractivity contribution in [3.8, 4) is 0 Å². The molecule has 74 valence electrons. The van der Waals surface area contributed by atoms with Crippen LogP contribution in [0.2, 0.25) is 0 Å². The van der Waals surface area contributed by atoms with Gasteiger partial charge in [-0.05, 0) is 24.6 Å². The zero-order valence-electron chi connectivity index (χ0n) is 7.83. The second-order valence-electron chi connectivity index (χ2n) is 3.36. The number of fused-ring (bicyclic) bond motifs is 1. The molecule has 2 rings (SSSR count). The molecule has 0 bridgehead atoms. The Hall–Kier alpha value is -0.990. The minimum Gasteiger partial charge on any atom is -0.458 e. The maximum Gasteiger partial charge on any atom is 0.135 e. The van der Waals surface area contributed by atoms with Gasteiger partial charge in [-0.1, -0.05) is 12.1 Å². The zero-order valence-corrected chi connectivity index (χ0v) is 8.58. The van der Waals surface area contributed by atoms with Crippen LogP contribution < -0.4 is 0 Å². The van der Waals surface area contributed by atoms with Crippen LogP contribution in [0.15, 0.2) is 28.7 Å². The molecule has 1 heterocycles. The molecule has 0 aliphatic carbocycles. The van der Waals surface area contributed by atoms with Gasteiger partial charge in [-0.25, -0.2) is 0 Å². The number of hydrogen-bond acceptors (Lipinski definition) is 2. The molecule has 0 spiro atoms. The normalized spacial score (nSPS) is 13.4. The average Bonchev–Trinajstić information content (AvgIpc) is 2.59. The van der Waals surface area contributed by atoms with E-state index in [9.17, 15) is 5.11 Å². The fourth-order valence-electron chi connectivity index (χ4n) is 1.40. The van der Waals surface area contributed by atoms with Crippen LogP contribution in [0.5, 0.6) is 0 Å². The average molecular weight is 211 g/mol.